The third kappa shape index (κ3) is 4.29. The topological polar surface area (TPSA) is 102 Å². The summed E-state index contributed by atoms with van der Waals surface area (Å²) in [4.78, 5) is 14.6. The number of hydrogen-bond acceptors (Lipinski definition) is 5. The standard InChI is InChI=1S/C15H23N3O4S/c1-3-18-9-5-8-13(18)15(22-2)17-14(19)11-6-4-7-12(10-11)23(16,20)21/h4,6-7,10,13,15H,3,5,8-9H2,1-2H3,(H,17,19)(H2,16,20,21). The van der Waals surface area contributed by atoms with E-state index in [0.717, 1.165) is 25.9 Å². The summed E-state index contributed by atoms with van der Waals surface area (Å²) in [6.07, 6.45) is 1.57. The van der Waals surface area contributed by atoms with Crippen LogP contribution in [0.15, 0.2) is 29.2 Å². The zero-order valence-electron chi connectivity index (χ0n) is 13.4. The van der Waals surface area contributed by atoms with Crippen LogP contribution in [0.2, 0.25) is 0 Å². The number of carbonyl (C=O) groups excluding carboxylic acids is 1. The largest absolute Gasteiger partial charge is 0.360 e. The molecular weight excluding hydrogens is 318 g/mol. The van der Waals surface area contributed by atoms with Crippen LogP contribution in [0.3, 0.4) is 0 Å². The van der Waals surface area contributed by atoms with E-state index in [-0.39, 0.29) is 22.4 Å². The molecule has 2 unspecified atom stereocenters. The van der Waals surface area contributed by atoms with Crippen molar-refractivity contribution >= 4 is 15.9 Å². The second-order valence-electron chi connectivity index (χ2n) is 5.54. The Bertz CT molecular complexity index is 662. The molecule has 8 heteroatoms. The van der Waals surface area contributed by atoms with Crippen LogP contribution in [0.4, 0.5) is 0 Å². The van der Waals surface area contributed by atoms with Gasteiger partial charge in [0.25, 0.3) is 5.91 Å². The van der Waals surface area contributed by atoms with Gasteiger partial charge in [-0.3, -0.25) is 9.69 Å². The van der Waals surface area contributed by atoms with Crippen molar-refractivity contribution in [3.63, 3.8) is 0 Å². The van der Waals surface area contributed by atoms with E-state index < -0.39 is 16.3 Å². The molecular formula is C15H23N3O4S. The van der Waals surface area contributed by atoms with Crippen LogP contribution >= 0.6 is 0 Å². The molecule has 2 rings (SSSR count). The Kier molecular flexibility index (Phi) is 5.74. The summed E-state index contributed by atoms with van der Waals surface area (Å²) in [7, 11) is -2.29. The third-order valence-corrected chi connectivity index (χ3v) is 5.03. The number of primary sulfonamides is 1. The zero-order valence-corrected chi connectivity index (χ0v) is 14.2. The molecule has 0 aliphatic carbocycles. The summed E-state index contributed by atoms with van der Waals surface area (Å²) in [6, 6.07) is 5.78. The van der Waals surface area contributed by atoms with Gasteiger partial charge in [-0.15, -0.1) is 0 Å². The van der Waals surface area contributed by atoms with Gasteiger partial charge in [0, 0.05) is 12.7 Å². The van der Waals surface area contributed by atoms with Crippen molar-refractivity contribution < 1.29 is 17.9 Å². The number of sulfonamides is 1. The number of likely N-dealkylation sites (N-methyl/N-ethyl adjacent to an activating group) is 1. The van der Waals surface area contributed by atoms with E-state index in [1.807, 2.05) is 0 Å². The third-order valence-electron chi connectivity index (χ3n) is 4.12. The van der Waals surface area contributed by atoms with Crippen molar-refractivity contribution in [3.05, 3.63) is 29.8 Å². The molecule has 0 aromatic heterocycles. The highest BCUT2D eigenvalue weighted by Gasteiger charge is 2.32. The minimum Gasteiger partial charge on any atom is -0.360 e. The van der Waals surface area contributed by atoms with Gasteiger partial charge in [-0.1, -0.05) is 13.0 Å². The number of amides is 1. The smallest absolute Gasteiger partial charge is 0.253 e. The molecule has 1 heterocycles. The second-order valence-corrected chi connectivity index (χ2v) is 7.10. The predicted molar refractivity (Wildman–Crippen MR) is 86.3 cm³/mol. The van der Waals surface area contributed by atoms with Gasteiger partial charge in [-0.05, 0) is 44.1 Å². The lowest BCUT2D eigenvalue weighted by molar-refractivity contribution is 0.0105. The van der Waals surface area contributed by atoms with Gasteiger partial charge >= 0.3 is 0 Å². The first-order chi connectivity index (χ1) is 10.9. The molecule has 1 aliphatic rings. The van der Waals surface area contributed by atoms with Gasteiger partial charge in [-0.25, -0.2) is 13.6 Å². The van der Waals surface area contributed by atoms with Crippen LogP contribution in [0, 0.1) is 0 Å². The fraction of sp³-hybridized carbons (Fsp3) is 0.533. The second kappa shape index (κ2) is 7.39. The van der Waals surface area contributed by atoms with Crippen LogP contribution in [-0.4, -0.2) is 51.7 Å². The number of likely N-dealkylation sites (tertiary alicyclic amines) is 1. The van der Waals surface area contributed by atoms with Crippen LogP contribution < -0.4 is 10.5 Å². The molecule has 2 atom stereocenters. The molecule has 7 nitrogen and oxygen atoms in total. The molecule has 1 amide bonds. The lowest BCUT2D eigenvalue weighted by Crippen LogP contribution is -2.50. The Morgan fingerprint density at radius 3 is 2.87 bits per heavy atom. The molecule has 3 N–H and O–H groups in total. The van der Waals surface area contributed by atoms with E-state index in [9.17, 15) is 13.2 Å². The van der Waals surface area contributed by atoms with Gasteiger partial charge in [-0.2, -0.15) is 0 Å². The molecule has 23 heavy (non-hydrogen) atoms. The molecule has 128 valence electrons. The van der Waals surface area contributed by atoms with Crippen molar-refractivity contribution in [3.8, 4) is 0 Å². The fourth-order valence-electron chi connectivity index (χ4n) is 2.93. The van der Waals surface area contributed by atoms with Crippen LogP contribution in [-0.2, 0) is 14.8 Å². The molecule has 1 aromatic carbocycles. The minimum absolute atomic E-state index is 0.0878. The molecule has 1 saturated heterocycles. The van der Waals surface area contributed by atoms with E-state index in [4.69, 9.17) is 9.88 Å². The molecule has 0 saturated carbocycles. The summed E-state index contributed by atoms with van der Waals surface area (Å²) in [5.74, 6) is -0.384. The number of methoxy groups -OCH3 is 1. The first-order valence-electron chi connectivity index (χ1n) is 7.57. The van der Waals surface area contributed by atoms with Crippen molar-refractivity contribution in [2.75, 3.05) is 20.2 Å². The molecule has 1 aliphatic heterocycles. The van der Waals surface area contributed by atoms with E-state index in [1.165, 1.54) is 18.2 Å². The summed E-state index contributed by atoms with van der Waals surface area (Å²) in [5.41, 5.74) is 0.236. The Morgan fingerprint density at radius 1 is 1.52 bits per heavy atom. The van der Waals surface area contributed by atoms with Gasteiger partial charge in [0.2, 0.25) is 10.0 Å². The Balaban J connectivity index is 2.14. The monoisotopic (exact) mass is 341 g/mol. The Morgan fingerprint density at radius 2 is 2.26 bits per heavy atom. The number of nitrogens with two attached hydrogens (primary N) is 1. The van der Waals surface area contributed by atoms with Crippen molar-refractivity contribution in [1.29, 1.82) is 0 Å². The van der Waals surface area contributed by atoms with Gasteiger partial charge in [0.15, 0.2) is 0 Å². The lowest BCUT2D eigenvalue weighted by atomic mass is 10.1. The molecule has 0 bridgehead atoms. The number of ether oxygens (including phenoxy) is 1. The summed E-state index contributed by atoms with van der Waals surface area (Å²) >= 11 is 0. The number of nitrogens with zero attached hydrogens (tertiary/aromatic N) is 1. The SMILES string of the molecule is CCN1CCCC1C(NC(=O)c1cccc(S(N)(=O)=O)c1)OC. The highest BCUT2D eigenvalue weighted by atomic mass is 32.2. The van der Waals surface area contributed by atoms with E-state index >= 15 is 0 Å². The molecule has 0 spiro atoms. The number of carbonyl (C=O) groups is 1. The number of benzene rings is 1. The first-order valence-corrected chi connectivity index (χ1v) is 9.12. The molecule has 1 fully saturated rings. The van der Waals surface area contributed by atoms with Crippen LogP contribution in [0.25, 0.3) is 0 Å². The Labute approximate surface area is 136 Å². The average molecular weight is 341 g/mol. The molecule has 1 aromatic rings. The van der Waals surface area contributed by atoms with E-state index in [2.05, 4.69) is 17.1 Å². The maximum atomic E-state index is 12.4. The Hall–Kier alpha value is -1.48. The molecule has 0 radical (unpaired) electrons. The van der Waals surface area contributed by atoms with Gasteiger partial charge in [0.05, 0.1) is 10.9 Å². The van der Waals surface area contributed by atoms with E-state index in [1.54, 1.807) is 13.2 Å². The summed E-state index contributed by atoms with van der Waals surface area (Å²) in [5, 5.41) is 7.93. The van der Waals surface area contributed by atoms with Crippen molar-refractivity contribution in [2.45, 2.75) is 36.9 Å². The zero-order chi connectivity index (χ0) is 17.0. The minimum atomic E-state index is -3.84. The fourth-order valence-corrected chi connectivity index (χ4v) is 3.49. The van der Waals surface area contributed by atoms with Crippen LogP contribution in [0.5, 0.6) is 0 Å². The summed E-state index contributed by atoms with van der Waals surface area (Å²) in [6.45, 7) is 3.95. The lowest BCUT2D eigenvalue weighted by Gasteiger charge is -2.30. The average Bonchev–Trinajstić information content (AvgIpc) is 3.00. The number of nitrogens with one attached hydrogen (secondary N) is 1. The van der Waals surface area contributed by atoms with Crippen LogP contribution in [0.1, 0.15) is 30.1 Å². The maximum Gasteiger partial charge on any atom is 0.253 e. The van der Waals surface area contributed by atoms with Crippen molar-refractivity contribution in [2.24, 2.45) is 5.14 Å². The highest BCUT2D eigenvalue weighted by Crippen LogP contribution is 2.20. The van der Waals surface area contributed by atoms with Gasteiger partial charge < -0.3 is 10.1 Å². The highest BCUT2D eigenvalue weighted by molar-refractivity contribution is 7.89. The quantitative estimate of drug-likeness (QED) is 0.735. The number of rotatable bonds is 6. The normalized spacial score (nSPS) is 20.4. The number of hydrogen-bond donors (Lipinski definition) is 2. The van der Waals surface area contributed by atoms with E-state index in [0.29, 0.717) is 0 Å². The summed E-state index contributed by atoms with van der Waals surface area (Å²) < 4.78 is 28.2. The van der Waals surface area contributed by atoms with Crippen molar-refractivity contribution in [1.82, 2.24) is 10.2 Å². The maximum absolute atomic E-state index is 12.4. The van der Waals surface area contributed by atoms with Gasteiger partial charge in [0.1, 0.15) is 6.23 Å². The predicted octanol–water partition coefficient (Wildman–Crippen LogP) is 0.521. The first kappa shape index (κ1) is 17.9.